The molecule has 1 amide bonds. The number of methoxy groups -OCH3 is 1. The lowest BCUT2D eigenvalue weighted by molar-refractivity contribution is -0.118. The molecular formula is C23H29N3O4. The Balaban J connectivity index is 1.77. The van der Waals surface area contributed by atoms with E-state index in [4.69, 9.17) is 9.47 Å². The molecule has 0 atom stereocenters. The van der Waals surface area contributed by atoms with E-state index in [9.17, 15) is 9.59 Å². The van der Waals surface area contributed by atoms with Crippen LogP contribution in [0.5, 0.6) is 5.75 Å². The van der Waals surface area contributed by atoms with Gasteiger partial charge in [-0.25, -0.2) is 4.79 Å². The van der Waals surface area contributed by atoms with E-state index in [-0.39, 0.29) is 12.5 Å². The summed E-state index contributed by atoms with van der Waals surface area (Å²) in [6.07, 6.45) is 0. The molecule has 0 saturated carbocycles. The second-order valence-electron chi connectivity index (χ2n) is 7.55. The maximum Gasteiger partial charge on any atom is 0.337 e. The predicted octanol–water partition coefficient (Wildman–Crippen LogP) is 2.86. The molecule has 160 valence electrons. The molecule has 1 N–H and O–H groups in total. The van der Waals surface area contributed by atoms with Gasteiger partial charge in [-0.2, -0.15) is 0 Å². The van der Waals surface area contributed by atoms with Crippen LogP contribution >= 0.6 is 0 Å². The van der Waals surface area contributed by atoms with E-state index in [0.717, 1.165) is 43.0 Å². The van der Waals surface area contributed by atoms with E-state index in [2.05, 4.69) is 22.2 Å². The number of aryl methyl sites for hydroxylation is 1. The summed E-state index contributed by atoms with van der Waals surface area (Å²) in [6.45, 7) is 7.40. The van der Waals surface area contributed by atoms with Crippen molar-refractivity contribution in [1.82, 2.24) is 4.90 Å². The van der Waals surface area contributed by atoms with Gasteiger partial charge >= 0.3 is 5.97 Å². The standard InChI is InChI=1S/C23H29N3O4/c1-16-6-5-7-21(17(16)2)30-15-22(27)24-19-14-18(23(28)29-4)8-9-20(19)26-12-10-25(3)11-13-26/h5-9,14H,10-13,15H2,1-4H3,(H,24,27). The second-order valence-corrected chi connectivity index (χ2v) is 7.55. The molecular weight excluding hydrogens is 382 g/mol. The van der Waals surface area contributed by atoms with Crippen LogP contribution in [0.2, 0.25) is 0 Å². The molecule has 0 unspecified atom stereocenters. The maximum atomic E-state index is 12.6. The zero-order chi connectivity index (χ0) is 21.7. The lowest BCUT2D eigenvalue weighted by Crippen LogP contribution is -2.44. The number of ether oxygens (including phenoxy) is 2. The van der Waals surface area contributed by atoms with Crippen LogP contribution in [-0.4, -0.2) is 63.7 Å². The molecule has 1 fully saturated rings. The number of hydrogen-bond acceptors (Lipinski definition) is 6. The third kappa shape index (κ3) is 5.10. The fourth-order valence-electron chi connectivity index (χ4n) is 3.41. The van der Waals surface area contributed by atoms with Crippen molar-refractivity contribution in [3.63, 3.8) is 0 Å². The lowest BCUT2D eigenvalue weighted by atomic mass is 10.1. The number of piperazine rings is 1. The van der Waals surface area contributed by atoms with Gasteiger partial charge < -0.3 is 24.6 Å². The Labute approximate surface area is 177 Å². The fraction of sp³-hybridized carbons (Fsp3) is 0.391. The number of nitrogens with zero attached hydrogens (tertiary/aromatic N) is 2. The smallest absolute Gasteiger partial charge is 0.337 e. The summed E-state index contributed by atoms with van der Waals surface area (Å²) in [5.74, 6) is -0.0388. The number of carbonyl (C=O) groups is 2. The van der Waals surface area contributed by atoms with E-state index in [0.29, 0.717) is 17.0 Å². The van der Waals surface area contributed by atoms with Gasteiger partial charge in [0.2, 0.25) is 0 Å². The number of hydrogen-bond donors (Lipinski definition) is 1. The number of nitrogens with one attached hydrogen (secondary N) is 1. The highest BCUT2D eigenvalue weighted by Crippen LogP contribution is 2.29. The molecule has 3 rings (SSSR count). The number of amides is 1. The van der Waals surface area contributed by atoms with E-state index in [1.54, 1.807) is 12.1 Å². The van der Waals surface area contributed by atoms with Crippen molar-refractivity contribution in [2.75, 3.05) is 57.2 Å². The minimum absolute atomic E-state index is 0.116. The molecule has 1 aliphatic rings. The Kier molecular flexibility index (Phi) is 6.95. The molecule has 0 bridgehead atoms. The van der Waals surface area contributed by atoms with Gasteiger partial charge in [0.25, 0.3) is 5.91 Å². The van der Waals surface area contributed by atoms with Crippen LogP contribution < -0.4 is 15.0 Å². The predicted molar refractivity (Wildman–Crippen MR) is 118 cm³/mol. The van der Waals surface area contributed by atoms with Gasteiger partial charge in [-0.3, -0.25) is 4.79 Å². The third-order valence-electron chi connectivity index (χ3n) is 5.45. The Morgan fingerprint density at radius 2 is 1.80 bits per heavy atom. The zero-order valence-electron chi connectivity index (χ0n) is 18.0. The molecule has 0 aliphatic carbocycles. The van der Waals surface area contributed by atoms with Crippen molar-refractivity contribution in [3.05, 3.63) is 53.1 Å². The highest BCUT2D eigenvalue weighted by atomic mass is 16.5. The number of benzene rings is 2. The van der Waals surface area contributed by atoms with Gasteiger partial charge in [-0.1, -0.05) is 12.1 Å². The van der Waals surface area contributed by atoms with Gasteiger partial charge in [0.15, 0.2) is 6.61 Å². The highest BCUT2D eigenvalue weighted by molar-refractivity contribution is 5.98. The minimum Gasteiger partial charge on any atom is -0.483 e. The van der Waals surface area contributed by atoms with Crippen molar-refractivity contribution < 1.29 is 19.1 Å². The fourth-order valence-corrected chi connectivity index (χ4v) is 3.41. The van der Waals surface area contributed by atoms with Crippen molar-refractivity contribution in [2.45, 2.75) is 13.8 Å². The van der Waals surface area contributed by atoms with E-state index in [1.807, 2.05) is 38.1 Å². The Hall–Kier alpha value is -3.06. The number of esters is 1. The molecule has 0 spiro atoms. The van der Waals surface area contributed by atoms with Gasteiger partial charge in [-0.05, 0) is 56.3 Å². The maximum absolute atomic E-state index is 12.6. The van der Waals surface area contributed by atoms with Crippen LogP contribution in [0, 0.1) is 13.8 Å². The highest BCUT2D eigenvalue weighted by Gasteiger charge is 2.20. The van der Waals surface area contributed by atoms with Crippen LogP contribution in [0.4, 0.5) is 11.4 Å². The molecule has 2 aromatic carbocycles. The van der Waals surface area contributed by atoms with Crippen LogP contribution in [0.15, 0.2) is 36.4 Å². The normalized spacial score (nSPS) is 14.3. The van der Waals surface area contributed by atoms with Crippen molar-refractivity contribution in [1.29, 1.82) is 0 Å². The number of carbonyl (C=O) groups excluding carboxylic acids is 2. The summed E-state index contributed by atoms with van der Waals surface area (Å²) in [5.41, 5.74) is 3.97. The summed E-state index contributed by atoms with van der Waals surface area (Å²) < 4.78 is 10.6. The average Bonchev–Trinajstić information content (AvgIpc) is 2.75. The summed E-state index contributed by atoms with van der Waals surface area (Å²) in [5, 5.41) is 2.92. The largest absolute Gasteiger partial charge is 0.483 e. The summed E-state index contributed by atoms with van der Waals surface area (Å²) in [6, 6.07) is 11.0. The van der Waals surface area contributed by atoms with Crippen LogP contribution in [0.25, 0.3) is 0 Å². The number of likely N-dealkylation sites (N-methyl/N-ethyl adjacent to an activating group) is 1. The Bertz CT molecular complexity index is 921. The monoisotopic (exact) mass is 411 g/mol. The summed E-state index contributed by atoms with van der Waals surface area (Å²) in [7, 11) is 3.43. The third-order valence-corrected chi connectivity index (χ3v) is 5.45. The molecule has 1 aliphatic heterocycles. The van der Waals surface area contributed by atoms with Gasteiger partial charge in [-0.15, -0.1) is 0 Å². The molecule has 7 heteroatoms. The van der Waals surface area contributed by atoms with Gasteiger partial charge in [0, 0.05) is 26.2 Å². The van der Waals surface area contributed by atoms with Gasteiger partial charge in [0.1, 0.15) is 5.75 Å². The topological polar surface area (TPSA) is 71.1 Å². The van der Waals surface area contributed by atoms with E-state index >= 15 is 0 Å². The Morgan fingerprint density at radius 3 is 2.50 bits per heavy atom. The molecule has 0 radical (unpaired) electrons. The molecule has 0 aromatic heterocycles. The van der Waals surface area contributed by atoms with Crippen molar-refractivity contribution in [2.24, 2.45) is 0 Å². The zero-order valence-corrected chi connectivity index (χ0v) is 18.0. The summed E-state index contributed by atoms with van der Waals surface area (Å²) >= 11 is 0. The van der Waals surface area contributed by atoms with Crippen LogP contribution in [0.1, 0.15) is 21.5 Å². The van der Waals surface area contributed by atoms with Gasteiger partial charge in [0.05, 0.1) is 24.0 Å². The number of anilines is 2. The number of rotatable bonds is 6. The SMILES string of the molecule is COC(=O)c1ccc(N2CCN(C)CC2)c(NC(=O)COc2cccc(C)c2C)c1. The molecule has 1 saturated heterocycles. The summed E-state index contributed by atoms with van der Waals surface area (Å²) in [4.78, 5) is 29.1. The first-order valence-corrected chi connectivity index (χ1v) is 10.0. The molecule has 7 nitrogen and oxygen atoms in total. The van der Waals surface area contributed by atoms with Crippen molar-refractivity contribution >= 4 is 23.3 Å². The lowest BCUT2D eigenvalue weighted by Gasteiger charge is -2.35. The first-order valence-electron chi connectivity index (χ1n) is 10.0. The van der Waals surface area contributed by atoms with Crippen LogP contribution in [0.3, 0.4) is 0 Å². The molecule has 30 heavy (non-hydrogen) atoms. The first kappa shape index (κ1) is 21.6. The molecule has 2 aromatic rings. The Morgan fingerprint density at radius 1 is 1.07 bits per heavy atom. The quantitative estimate of drug-likeness (QED) is 0.737. The second kappa shape index (κ2) is 9.63. The molecule has 1 heterocycles. The average molecular weight is 412 g/mol. The first-order chi connectivity index (χ1) is 14.4. The van der Waals surface area contributed by atoms with E-state index < -0.39 is 5.97 Å². The van der Waals surface area contributed by atoms with Crippen molar-refractivity contribution in [3.8, 4) is 5.75 Å². The minimum atomic E-state index is -0.443. The van der Waals surface area contributed by atoms with E-state index in [1.165, 1.54) is 7.11 Å². The van der Waals surface area contributed by atoms with Crippen LogP contribution in [-0.2, 0) is 9.53 Å².